The van der Waals surface area contributed by atoms with E-state index in [1.54, 1.807) is 7.11 Å². The Hall–Kier alpha value is -1.99. The Morgan fingerprint density at radius 1 is 1.17 bits per heavy atom. The molecule has 7 heteroatoms. The summed E-state index contributed by atoms with van der Waals surface area (Å²) in [6.07, 6.45) is 7.24. The number of hydrogen-bond donors (Lipinski definition) is 2. The van der Waals surface area contributed by atoms with Crippen LogP contribution in [-0.2, 0) is 16.0 Å². The fourth-order valence-electron chi connectivity index (χ4n) is 3.77. The molecule has 1 aliphatic heterocycles. The first kappa shape index (κ1) is 22.7. The summed E-state index contributed by atoms with van der Waals surface area (Å²) in [5.41, 5.74) is 1.07. The van der Waals surface area contributed by atoms with Crippen molar-refractivity contribution >= 4 is 5.96 Å². The maximum Gasteiger partial charge on any atom is 0.191 e. The number of nitrogens with one attached hydrogen (secondary N) is 2. The molecule has 0 radical (unpaired) electrons. The van der Waals surface area contributed by atoms with Gasteiger partial charge >= 0.3 is 0 Å². The smallest absolute Gasteiger partial charge is 0.191 e. The number of nitrogens with zero attached hydrogens (tertiary/aromatic N) is 1. The van der Waals surface area contributed by atoms with E-state index in [1.807, 2.05) is 18.2 Å². The Morgan fingerprint density at radius 2 is 2.03 bits per heavy atom. The van der Waals surface area contributed by atoms with Gasteiger partial charge in [0, 0.05) is 37.9 Å². The molecule has 0 amide bonds. The maximum atomic E-state index is 6.29. The van der Waals surface area contributed by atoms with Crippen LogP contribution in [0.3, 0.4) is 0 Å². The van der Waals surface area contributed by atoms with Gasteiger partial charge in [-0.3, -0.25) is 0 Å². The Kier molecular flexibility index (Phi) is 9.57. The van der Waals surface area contributed by atoms with Crippen LogP contribution in [0.2, 0.25) is 0 Å². The average Bonchev–Trinajstić information content (AvgIpc) is 3.46. The SMILES string of the molecule is CCNC(=NCc1ccc(OC)cc1OC1CCCC1)NCCCOC1CCOC1. The first-order valence-corrected chi connectivity index (χ1v) is 11.3. The molecule has 30 heavy (non-hydrogen) atoms. The molecule has 0 bridgehead atoms. The second-order valence-electron chi connectivity index (χ2n) is 7.83. The molecule has 7 nitrogen and oxygen atoms in total. The Bertz CT molecular complexity index is 656. The molecule has 1 unspecified atom stereocenters. The first-order chi connectivity index (χ1) is 14.8. The van der Waals surface area contributed by atoms with Crippen molar-refractivity contribution in [2.24, 2.45) is 4.99 Å². The van der Waals surface area contributed by atoms with E-state index >= 15 is 0 Å². The van der Waals surface area contributed by atoms with Crippen LogP contribution in [0.15, 0.2) is 23.2 Å². The predicted octanol–water partition coefficient (Wildman–Crippen LogP) is 3.27. The van der Waals surface area contributed by atoms with Gasteiger partial charge in [-0.15, -0.1) is 0 Å². The van der Waals surface area contributed by atoms with Crippen molar-refractivity contribution < 1.29 is 18.9 Å². The molecule has 1 aromatic carbocycles. The van der Waals surface area contributed by atoms with Crippen LogP contribution < -0.4 is 20.1 Å². The van der Waals surface area contributed by atoms with Crippen LogP contribution in [0, 0.1) is 0 Å². The zero-order chi connectivity index (χ0) is 21.0. The van der Waals surface area contributed by atoms with Crippen LogP contribution in [0.1, 0.15) is 51.0 Å². The minimum absolute atomic E-state index is 0.264. The summed E-state index contributed by atoms with van der Waals surface area (Å²) in [5, 5.41) is 6.71. The van der Waals surface area contributed by atoms with Crippen molar-refractivity contribution in [3.05, 3.63) is 23.8 Å². The third-order valence-corrected chi connectivity index (χ3v) is 5.48. The fraction of sp³-hybridized carbons (Fsp3) is 0.696. The molecule has 1 aromatic rings. The van der Waals surface area contributed by atoms with Gasteiger partial charge in [0.1, 0.15) is 11.5 Å². The summed E-state index contributed by atoms with van der Waals surface area (Å²) in [6, 6.07) is 6.00. The van der Waals surface area contributed by atoms with Crippen LogP contribution in [-0.4, -0.2) is 58.2 Å². The minimum Gasteiger partial charge on any atom is -0.497 e. The summed E-state index contributed by atoms with van der Waals surface area (Å²) >= 11 is 0. The summed E-state index contributed by atoms with van der Waals surface area (Å²) < 4.78 is 22.8. The number of ether oxygens (including phenoxy) is 4. The molecular formula is C23H37N3O4. The largest absolute Gasteiger partial charge is 0.497 e. The van der Waals surface area contributed by atoms with Crippen LogP contribution >= 0.6 is 0 Å². The van der Waals surface area contributed by atoms with Gasteiger partial charge < -0.3 is 29.6 Å². The molecule has 1 aliphatic carbocycles. The van der Waals surface area contributed by atoms with Crippen molar-refractivity contribution in [1.29, 1.82) is 0 Å². The fourth-order valence-corrected chi connectivity index (χ4v) is 3.77. The molecule has 0 aromatic heterocycles. The maximum absolute atomic E-state index is 6.29. The minimum atomic E-state index is 0.264. The first-order valence-electron chi connectivity index (χ1n) is 11.3. The van der Waals surface area contributed by atoms with E-state index in [4.69, 9.17) is 23.9 Å². The standard InChI is InChI=1S/C23H37N3O4/c1-3-24-23(25-12-6-13-29-21-11-14-28-17-21)26-16-18-9-10-20(27-2)15-22(18)30-19-7-4-5-8-19/h9-10,15,19,21H,3-8,11-14,16-17H2,1-2H3,(H2,24,25,26). The van der Waals surface area contributed by atoms with E-state index in [1.165, 1.54) is 12.8 Å². The van der Waals surface area contributed by atoms with Gasteiger partial charge in [-0.1, -0.05) is 0 Å². The van der Waals surface area contributed by atoms with Gasteiger partial charge in [0.25, 0.3) is 0 Å². The summed E-state index contributed by atoms with van der Waals surface area (Å²) in [4.78, 5) is 4.76. The highest BCUT2D eigenvalue weighted by Gasteiger charge is 2.18. The van der Waals surface area contributed by atoms with Crippen molar-refractivity contribution in [1.82, 2.24) is 10.6 Å². The van der Waals surface area contributed by atoms with E-state index in [2.05, 4.69) is 17.6 Å². The average molecular weight is 420 g/mol. The van der Waals surface area contributed by atoms with Gasteiger partial charge in [0.15, 0.2) is 5.96 Å². The molecule has 3 rings (SSSR count). The lowest BCUT2D eigenvalue weighted by molar-refractivity contribution is 0.0420. The van der Waals surface area contributed by atoms with Crippen molar-refractivity contribution in [2.45, 2.75) is 64.2 Å². The monoisotopic (exact) mass is 419 g/mol. The lowest BCUT2D eigenvalue weighted by Gasteiger charge is -2.17. The van der Waals surface area contributed by atoms with E-state index in [-0.39, 0.29) is 6.10 Å². The van der Waals surface area contributed by atoms with Crippen molar-refractivity contribution in [2.75, 3.05) is 40.0 Å². The molecular weight excluding hydrogens is 382 g/mol. The van der Waals surface area contributed by atoms with Gasteiger partial charge in [0.2, 0.25) is 0 Å². The third kappa shape index (κ3) is 7.36. The number of rotatable bonds is 11. The number of hydrogen-bond acceptors (Lipinski definition) is 5. The molecule has 1 saturated heterocycles. The van der Waals surface area contributed by atoms with E-state index in [9.17, 15) is 0 Å². The van der Waals surface area contributed by atoms with Crippen molar-refractivity contribution in [3.63, 3.8) is 0 Å². The normalized spacial score (nSPS) is 19.8. The summed E-state index contributed by atoms with van der Waals surface area (Å²) in [7, 11) is 1.68. The van der Waals surface area contributed by atoms with Crippen LogP contribution in [0.25, 0.3) is 0 Å². The second kappa shape index (κ2) is 12.6. The molecule has 2 aliphatic rings. The highest BCUT2D eigenvalue weighted by Crippen LogP contribution is 2.30. The number of guanidine groups is 1. The Morgan fingerprint density at radius 3 is 2.77 bits per heavy atom. The van der Waals surface area contributed by atoms with Gasteiger partial charge in [-0.25, -0.2) is 4.99 Å². The Balaban J connectivity index is 1.52. The highest BCUT2D eigenvalue weighted by atomic mass is 16.5. The number of methoxy groups -OCH3 is 1. The van der Waals surface area contributed by atoms with E-state index in [0.717, 1.165) is 81.6 Å². The van der Waals surface area contributed by atoms with Crippen LogP contribution in [0.4, 0.5) is 0 Å². The predicted molar refractivity (Wildman–Crippen MR) is 118 cm³/mol. The third-order valence-electron chi connectivity index (χ3n) is 5.48. The molecule has 1 atom stereocenters. The van der Waals surface area contributed by atoms with Crippen LogP contribution in [0.5, 0.6) is 11.5 Å². The number of benzene rings is 1. The van der Waals surface area contributed by atoms with Gasteiger partial charge in [-0.2, -0.15) is 0 Å². The lowest BCUT2D eigenvalue weighted by Crippen LogP contribution is -2.38. The molecule has 1 heterocycles. The summed E-state index contributed by atoms with van der Waals surface area (Å²) in [6.45, 7) is 6.53. The van der Waals surface area contributed by atoms with Crippen molar-refractivity contribution in [3.8, 4) is 11.5 Å². The molecule has 2 fully saturated rings. The van der Waals surface area contributed by atoms with E-state index in [0.29, 0.717) is 12.6 Å². The zero-order valence-corrected chi connectivity index (χ0v) is 18.5. The summed E-state index contributed by atoms with van der Waals surface area (Å²) in [5.74, 6) is 2.51. The van der Waals surface area contributed by atoms with E-state index < -0.39 is 0 Å². The van der Waals surface area contributed by atoms with Gasteiger partial charge in [0.05, 0.1) is 32.5 Å². The lowest BCUT2D eigenvalue weighted by atomic mass is 10.2. The zero-order valence-electron chi connectivity index (χ0n) is 18.5. The second-order valence-corrected chi connectivity index (χ2v) is 7.83. The Labute approximate surface area is 180 Å². The highest BCUT2D eigenvalue weighted by molar-refractivity contribution is 5.79. The number of aliphatic imine (C=N–C) groups is 1. The quantitative estimate of drug-likeness (QED) is 0.326. The molecule has 0 spiro atoms. The topological polar surface area (TPSA) is 73.3 Å². The molecule has 1 saturated carbocycles. The molecule has 168 valence electrons. The van der Waals surface area contributed by atoms with Gasteiger partial charge in [-0.05, 0) is 57.6 Å². The molecule has 2 N–H and O–H groups in total.